The van der Waals surface area contributed by atoms with Crippen LogP contribution >= 0.6 is 0 Å². The fraction of sp³-hybridized carbons (Fsp3) is 0.467. The lowest BCUT2D eigenvalue weighted by atomic mass is 9.99. The van der Waals surface area contributed by atoms with Crippen molar-refractivity contribution >= 4 is 5.91 Å². The number of amides is 1. The highest BCUT2D eigenvalue weighted by Gasteiger charge is 2.24. The molecule has 20 heavy (non-hydrogen) atoms. The van der Waals surface area contributed by atoms with Crippen LogP contribution < -0.4 is 9.47 Å². The molecule has 106 valence electrons. The summed E-state index contributed by atoms with van der Waals surface area (Å²) in [5, 5.41) is 8.99. The van der Waals surface area contributed by atoms with E-state index in [-0.39, 0.29) is 11.8 Å². The molecule has 1 amide bonds. The van der Waals surface area contributed by atoms with E-state index in [1.165, 1.54) is 0 Å². The first kappa shape index (κ1) is 14.2. The summed E-state index contributed by atoms with van der Waals surface area (Å²) in [5.41, 5.74) is 0.557. The van der Waals surface area contributed by atoms with Crippen molar-refractivity contribution in [2.75, 3.05) is 27.3 Å². The van der Waals surface area contributed by atoms with Crippen LogP contribution in [0.3, 0.4) is 0 Å². The van der Waals surface area contributed by atoms with Gasteiger partial charge < -0.3 is 14.4 Å². The van der Waals surface area contributed by atoms with Crippen LogP contribution in [0.2, 0.25) is 0 Å². The van der Waals surface area contributed by atoms with Gasteiger partial charge in [-0.25, -0.2) is 0 Å². The summed E-state index contributed by atoms with van der Waals surface area (Å²) >= 11 is 0. The first-order chi connectivity index (χ1) is 9.69. The fourth-order valence-corrected chi connectivity index (χ4v) is 2.42. The average molecular weight is 274 g/mol. The number of likely N-dealkylation sites (tertiary alicyclic amines) is 1. The van der Waals surface area contributed by atoms with E-state index >= 15 is 0 Å². The van der Waals surface area contributed by atoms with Gasteiger partial charge in [0.1, 0.15) is 0 Å². The molecule has 1 aromatic rings. The molecule has 1 heterocycles. The van der Waals surface area contributed by atoms with Gasteiger partial charge in [-0.05, 0) is 31.0 Å². The predicted molar refractivity (Wildman–Crippen MR) is 73.8 cm³/mol. The highest BCUT2D eigenvalue weighted by molar-refractivity contribution is 5.95. The third-order valence-electron chi connectivity index (χ3n) is 3.52. The third-order valence-corrected chi connectivity index (χ3v) is 3.52. The summed E-state index contributed by atoms with van der Waals surface area (Å²) in [7, 11) is 3.10. The molecule has 1 unspecified atom stereocenters. The summed E-state index contributed by atoms with van der Waals surface area (Å²) in [4.78, 5) is 14.2. The summed E-state index contributed by atoms with van der Waals surface area (Å²) in [6.07, 6.45) is 1.74. The Morgan fingerprint density at radius 1 is 1.35 bits per heavy atom. The number of carbonyl (C=O) groups excluding carboxylic acids is 1. The van der Waals surface area contributed by atoms with E-state index in [1.54, 1.807) is 37.3 Å². The number of ether oxygens (including phenoxy) is 2. The zero-order valence-electron chi connectivity index (χ0n) is 11.8. The minimum Gasteiger partial charge on any atom is -0.493 e. The van der Waals surface area contributed by atoms with Crippen molar-refractivity contribution in [1.29, 1.82) is 5.26 Å². The largest absolute Gasteiger partial charge is 0.493 e. The quantitative estimate of drug-likeness (QED) is 0.846. The van der Waals surface area contributed by atoms with Crippen molar-refractivity contribution in [1.82, 2.24) is 4.90 Å². The van der Waals surface area contributed by atoms with Crippen LogP contribution in [0.25, 0.3) is 0 Å². The fourth-order valence-electron chi connectivity index (χ4n) is 2.42. The molecule has 2 rings (SSSR count). The molecular weight excluding hydrogens is 256 g/mol. The molecule has 1 aromatic carbocycles. The van der Waals surface area contributed by atoms with Crippen LogP contribution in [0.15, 0.2) is 18.2 Å². The first-order valence-electron chi connectivity index (χ1n) is 6.60. The van der Waals surface area contributed by atoms with Gasteiger partial charge in [0.05, 0.1) is 26.2 Å². The summed E-state index contributed by atoms with van der Waals surface area (Å²) in [6, 6.07) is 7.36. The van der Waals surface area contributed by atoms with Gasteiger partial charge in [0.15, 0.2) is 11.5 Å². The van der Waals surface area contributed by atoms with Gasteiger partial charge in [-0.15, -0.1) is 0 Å². The molecule has 0 aliphatic carbocycles. The van der Waals surface area contributed by atoms with Crippen LogP contribution in [-0.4, -0.2) is 38.1 Å². The number of piperidine rings is 1. The van der Waals surface area contributed by atoms with Crippen LogP contribution in [0.5, 0.6) is 11.5 Å². The van der Waals surface area contributed by atoms with Crippen LogP contribution in [-0.2, 0) is 0 Å². The molecule has 0 spiro atoms. The van der Waals surface area contributed by atoms with E-state index in [2.05, 4.69) is 6.07 Å². The van der Waals surface area contributed by atoms with Gasteiger partial charge in [0.2, 0.25) is 0 Å². The second kappa shape index (κ2) is 6.29. The van der Waals surface area contributed by atoms with Gasteiger partial charge in [-0.3, -0.25) is 4.79 Å². The molecule has 1 aliphatic heterocycles. The zero-order valence-corrected chi connectivity index (χ0v) is 11.8. The molecule has 5 heteroatoms. The Balaban J connectivity index is 2.18. The molecule has 0 bridgehead atoms. The summed E-state index contributed by atoms with van der Waals surface area (Å²) in [5.74, 6) is 1.00. The number of hydrogen-bond acceptors (Lipinski definition) is 4. The van der Waals surface area contributed by atoms with Gasteiger partial charge in [-0.2, -0.15) is 5.26 Å². The molecule has 1 atom stereocenters. The average Bonchev–Trinajstić information content (AvgIpc) is 2.53. The SMILES string of the molecule is COc1ccc(C(=O)N2CCCC(C#N)C2)cc1OC. The third kappa shape index (κ3) is 2.85. The maximum Gasteiger partial charge on any atom is 0.254 e. The van der Waals surface area contributed by atoms with E-state index in [9.17, 15) is 4.79 Å². The maximum absolute atomic E-state index is 12.4. The van der Waals surface area contributed by atoms with Crippen molar-refractivity contribution in [2.45, 2.75) is 12.8 Å². The minimum atomic E-state index is -0.0640. The van der Waals surface area contributed by atoms with Crippen LogP contribution in [0, 0.1) is 17.2 Å². The number of nitrogens with zero attached hydrogens (tertiary/aromatic N) is 2. The lowest BCUT2D eigenvalue weighted by Crippen LogP contribution is -2.39. The molecule has 1 saturated heterocycles. The van der Waals surface area contributed by atoms with E-state index in [1.807, 2.05) is 0 Å². The second-order valence-electron chi connectivity index (χ2n) is 4.79. The van der Waals surface area contributed by atoms with Crippen LogP contribution in [0.4, 0.5) is 0 Å². The number of rotatable bonds is 3. The molecular formula is C15H18N2O3. The maximum atomic E-state index is 12.4. The van der Waals surface area contributed by atoms with Crippen molar-refractivity contribution < 1.29 is 14.3 Å². The Labute approximate surface area is 118 Å². The van der Waals surface area contributed by atoms with E-state index in [0.717, 1.165) is 12.8 Å². The van der Waals surface area contributed by atoms with Gasteiger partial charge >= 0.3 is 0 Å². The van der Waals surface area contributed by atoms with Crippen LogP contribution in [0.1, 0.15) is 23.2 Å². The number of hydrogen-bond donors (Lipinski definition) is 0. The minimum absolute atomic E-state index is 0.0622. The highest BCUT2D eigenvalue weighted by atomic mass is 16.5. The standard InChI is InChI=1S/C15H18N2O3/c1-19-13-6-5-12(8-14(13)20-2)15(18)17-7-3-4-11(9-16)10-17/h5-6,8,11H,3-4,7,10H2,1-2H3. The summed E-state index contributed by atoms with van der Waals surface area (Å²) in [6.45, 7) is 1.20. The second-order valence-corrected chi connectivity index (χ2v) is 4.79. The zero-order chi connectivity index (χ0) is 14.5. The highest BCUT2D eigenvalue weighted by Crippen LogP contribution is 2.28. The lowest BCUT2D eigenvalue weighted by Gasteiger charge is -2.29. The molecule has 0 saturated carbocycles. The lowest BCUT2D eigenvalue weighted by molar-refractivity contribution is 0.0698. The van der Waals surface area contributed by atoms with Crippen molar-refractivity contribution in [3.63, 3.8) is 0 Å². The first-order valence-corrected chi connectivity index (χ1v) is 6.60. The molecule has 1 fully saturated rings. The Hall–Kier alpha value is -2.22. The van der Waals surface area contributed by atoms with Crippen molar-refractivity contribution in [2.24, 2.45) is 5.92 Å². The number of carbonyl (C=O) groups is 1. The van der Waals surface area contributed by atoms with E-state index in [0.29, 0.717) is 30.2 Å². The molecule has 0 aromatic heterocycles. The normalized spacial score (nSPS) is 18.2. The molecule has 5 nitrogen and oxygen atoms in total. The Morgan fingerprint density at radius 2 is 2.10 bits per heavy atom. The van der Waals surface area contributed by atoms with Crippen molar-refractivity contribution in [3.8, 4) is 17.6 Å². The van der Waals surface area contributed by atoms with Gasteiger partial charge in [0, 0.05) is 18.7 Å². The number of nitriles is 1. The Kier molecular flexibility index (Phi) is 4.46. The number of benzene rings is 1. The topological polar surface area (TPSA) is 62.6 Å². The molecule has 0 radical (unpaired) electrons. The van der Waals surface area contributed by atoms with Crippen molar-refractivity contribution in [3.05, 3.63) is 23.8 Å². The Morgan fingerprint density at radius 3 is 2.75 bits per heavy atom. The van der Waals surface area contributed by atoms with E-state index in [4.69, 9.17) is 14.7 Å². The van der Waals surface area contributed by atoms with E-state index < -0.39 is 0 Å². The monoisotopic (exact) mass is 274 g/mol. The van der Waals surface area contributed by atoms with Gasteiger partial charge in [-0.1, -0.05) is 0 Å². The molecule has 1 aliphatic rings. The predicted octanol–water partition coefficient (Wildman–Crippen LogP) is 2.08. The molecule has 0 N–H and O–H groups in total. The Bertz CT molecular complexity index is 536. The number of methoxy groups -OCH3 is 2. The van der Waals surface area contributed by atoms with Gasteiger partial charge in [0.25, 0.3) is 5.91 Å². The smallest absolute Gasteiger partial charge is 0.254 e. The summed E-state index contributed by atoms with van der Waals surface area (Å²) < 4.78 is 10.4.